The number of fused-ring (bicyclic) bond motifs is 1. The van der Waals surface area contributed by atoms with Crippen molar-refractivity contribution in [2.45, 2.75) is 50.1 Å². The quantitative estimate of drug-likeness (QED) is 0.393. The van der Waals surface area contributed by atoms with Crippen molar-refractivity contribution in [2.75, 3.05) is 17.2 Å². The summed E-state index contributed by atoms with van der Waals surface area (Å²) in [4.78, 5) is 16.3. The number of hydrogen-bond acceptors (Lipinski definition) is 4. The first-order valence-corrected chi connectivity index (χ1v) is 11.0. The Kier molecular flexibility index (Phi) is 6.82. The van der Waals surface area contributed by atoms with Gasteiger partial charge in [0, 0.05) is 24.0 Å². The Bertz CT molecular complexity index is 1180. The van der Waals surface area contributed by atoms with Gasteiger partial charge < -0.3 is 16.0 Å². The fourth-order valence-corrected chi connectivity index (χ4v) is 4.15. The minimum Gasteiger partial charge on any atom is -0.376 e. The van der Waals surface area contributed by atoms with Crippen molar-refractivity contribution >= 4 is 23.1 Å². The van der Waals surface area contributed by atoms with Crippen LogP contribution < -0.4 is 16.0 Å². The summed E-state index contributed by atoms with van der Waals surface area (Å²) in [5.41, 5.74) is -0.558. The van der Waals surface area contributed by atoms with E-state index in [9.17, 15) is 31.1 Å². The minimum atomic E-state index is -4.54. The lowest BCUT2D eigenvalue weighted by Crippen LogP contribution is -2.40. The van der Waals surface area contributed by atoms with E-state index in [0.29, 0.717) is 31.5 Å². The molecule has 1 amide bonds. The van der Waals surface area contributed by atoms with Gasteiger partial charge in [-0.1, -0.05) is 18.2 Å². The number of amides is 1. The number of imidazole rings is 1. The Morgan fingerprint density at radius 3 is 2.31 bits per heavy atom. The molecule has 2 heterocycles. The number of nitrogens with zero attached hydrogens (tertiary/aromatic N) is 2. The van der Waals surface area contributed by atoms with E-state index in [2.05, 4.69) is 20.9 Å². The summed E-state index contributed by atoms with van der Waals surface area (Å²) in [6.07, 6.45) is -5.49. The second-order valence-corrected chi connectivity index (χ2v) is 8.44. The van der Waals surface area contributed by atoms with E-state index in [1.54, 1.807) is 24.3 Å². The summed E-state index contributed by atoms with van der Waals surface area (Å²) >= 11 is 0. The van der Waals surface area contributed by atoms with Gasteiger partial charge in [0.05, 0.1) is 5.56 Å². The molecule has 0 spiro atoms. The SMILES string of the molecule is O=C(N[C@H]1CC[C@@H](Nc2cccc3nc(C(F)(F)F)cn23)CC1)c1ccccc1NCC(F)(F)F. The molecular formula is C23H23F6N5O. The maximum absolute atomic E-state index is 13.0. The summed E-state index contributed by atoms with van der Waals surface area (Å²) in [7, 11) is 0. The number of hydrogen-bond donors (Lipinski definition) is 3. The molecule has 12 heteroatoms. The van der Waals surface area contributed by atoms with Crippen molar-refractivity contribution in [1.82, 2.24) is 14.7 Å². The van der Waals surface area contributed by atoms with Gasteiger partial charge >= 0.3 is 12.4 Å². The first kappa shape index (κ1) is 24.7. The van der Waals surface area contributed by atoms with Crippen LogP contribution in [0.25, 0.3) is 5.65 Å². The van der Waals surface area contributed by atoms with Gasteiger partial charge in [-0.05, 0) is 49.9 Å². The van der Waals surface area contributed by atoms with E-state index in [1.165, 1.54) is 22.6 Å². The van der Waals surface area contributed by atoms with Crippen LogP contribution in [0.4, 0.5) is 37.8 Å². The second-order valence-electron chi connectivity index (χ2n) is 8.44. The van der Waals surface area contributed by atoms with Crippen LogP contribution in [0.15, 0.2) is 48.7 Å². The number of carbonyl (C=O) groups is 1. The van der Waals surface area contributed by atoms with Gasteiger partial charge in [0.25, 0.3) is 5.91 Å². The third-order valence-corrected chi connectivity index (χ3v) is 5.85. The fourth-order valence-electron chi connectivity index (χ4n) is 4.15. The Morgan fingerprint density at radius 2 is 1.63 bits per heavy atom. The number of rotatable bonds is 6. The number of pyridine rings is 1. The van der Waals surface area contributed by atoms with Crippen molar-refractivity contribution in [3.63, 3.8) is 0 Å². The first-order valence-electron chi connectivity index (χ1n) is 11.0. The summed E-state index contributed by atoms with van der Waals surface area (Å²) < 4.78 is 78.1. The summed E-state index contributed by atoms with van der Waals surface area (Å²) in [6, 6.07) is 10.6. The van der Waals surface area contributed by atoms with Crippen LogP contribution in [-0.2, 0) is 6.18 Å². The van der Waals surface area contributed by atoms with E-state index >= 15 is 0 Å². The monoisotopic (exact) mass is 499 g/mol. The number of aromatic nitrogens is 2. The van der Waals surface area contributed by atoms with Crippen LogP contribution in [0, 0.1) is 0 Å². The lowest BCUT2D eigenvalue weighted by molar-refractivity contribution is -0.140. The average Bonchev–Trinajstić information content (AvgIpc) is 3.25. The Morgan fingerprint density at radius 1 is 0.943 bits per heavy atom. The molecule has 2 aromatic heterocycles. The van der Waals surface area contributed by atoms with Crippen LogP contribution >= 0.6 is 0 Å². The molecule has 35 heavy (non-hydrogen) atoms. The zero-order valence-electron chi connectivity index (χ0n) is 18.4. The number of alkyl halides is 6. The second kappa shape index (κ2) is 9.67. The molecule has 6 nitrogen and oxygen atoms in total. The van der Waals surface area contributed by atoms with Crippen molar-refractivity contribution in [1.29, 1.82) is 0 Å². The smallest absolute Gasteiger partial charge is 0.376 e. The fraction of sp³-hybridized carbons (Fsp3) is 0.391. The molecule has 0 bridgehead atoms. The largest absolute Gasteiger partial charge is 0.434 e. The van der Waals surface area contributed by atoms with Crippen molar-refractivity contribution in [3.05, 3.63) is 59.9 Å². The molecule has 1 aromatic carbocycles. The molecular weight excluding hydrogens is 476 g/mol. The predicted octanol–water partition coefficient (Wildman–Crippen LogP) is 5.48. The van der Waals surface area contributed by atoms with Crippen LogP contribution in [0.1, 0.15) is 41.7 Å². The average molecular weight is 499 g/mol. The maximum Gasteiger partial charge on any atom is 0.434 e. The summed E-state index contributed by atoms with van der Waals surface area (Å²) in [5.74, 6) is 0.0252. The molecule has 3 N–H and O–H groups in total. The third-order valence-electron chi connectivity index (χ3n) is 5.85. The zero-order chi connectivity index (χ0) is 25.2. The highest BCUT2D eigenvalue weighted by Crippen LogP contribution is 2.30. The number of benzene rings is 1. The van der Waals surface area contributed by atoms with E-state index in [4.69, 9.17) is 0 Å². The van der Waals surface area contributed by atoms with Crippen molar-refractivity contribution < 1.29 is 31.1 Å². The molecule has 1 fully saturated rings. The lowest BCUT2D eigenvalue weighted by atomic mass is 9.91. The third kappa shape index (κ3) is 6.17. The molecule has 0 radical (unpaired) electrons. The van der Waals surface area contributed by atoms with Crippen LogP contribution in [0.5, 0.6) is 0 Å². The van der Waals surface area contributed by atoms with Crippen LogP contribution in [-0.4, -0.2) is 40.1 Å². The van der Waals surface area contributed by atoms with Gasteiger partial charge in [0.15, 0.2) is 5.69 Å². The van der Waals surface area contributed by atoms with Gasteiger partial charge in [-0.2, -0.15) is 26.3 Å². The topological polar surface area (TPSA) is 70.5 Å². The molecule has 0 aliphatic heterocycles. The lowest BCUT2D eigenvalue weighted by Gasteiger charge is -2.30. The van der Waals surface area contributed by atoms with E-state index in [0.717, 1.165) is 6.20 Å². The molecule has 1 aliphatic rings. The van der Waals surface area contributed by atoms with Crippen LogP contribution in [0.3, 0.4) is 0 Å². The molecule has 0 atom stereocenters. The number of carbonyl (C=O) groups excluding carboxylic acids is 1. The molecule has 0 saturated heterocycles. The number of anilines is 2. The zero-order valence-corrected chi connectivity index (χ0v) is 18.4. The maximum atomic E-state index is 13.0. The Labute approximate surface area is 196 Å². The standard InChI is InChI=1S/C23H23F6N5O/c24-22(25,26)13-30-17-5-2-1-4-16(17)21(35)32-15-10-8-14(9-11-15)31-19-6-3-7-20-33-18(12-34(19)20)23(27,28)29/h1-7,12,14-15,30-31H,8-11,13H2,(H,32,35)/t14-,15+. The van der Waals surface area contributed by atoms with Crippen molar-refractivity contribution in [3.8, 4) is 0 Å². The Hall–Kier alpha value is -3.44. The van der Waals surface area contributed by atoms with E-state index in [-0.39, 0.29) is 29.0 Å². The molecule has 188 valence electrons. The van der Waals surface area contributed by atoms with Gasteiger partial charge in [-0.25, -0.2) is 4.98 Å². The van der Waals surface area contributed by atoms with Gasteiger partial charge in [0.2, 0.25) is 0 Å². The number of para-hydroxylation sites is 1. The molecule has 4 rings (SSSR count). The van der Waals surface area contributed by atoms with Gasteiger partial charge in [-0.3, -0.25) is 9.20 Å². The number of halogens is 6. The molecule has 1 saturated carbocycles. The number of nitrogens with one attached hydrogen (secondary N) is 3. The van der Waals surface area contributed by atoms with E-state index in [1.807, 2.05) is 0 Å². The highest BCUT2D eigenvalue weighted by molar-refractivity contribution is 5.99. The molecule has 3 aromatic rings. The summed E-state index contributed by atoms with van der Waals surface area (Å²) in [6.45, 7) is -1.25. The summed E-state index contributed by atoms with van der Waals surface area (Å²) in [5, 5.41) is 8.40. The van der Waals surface area contributed by atoms with Gasteiger partial charge in [-0.15, -0.1) is 0 Å². The van der Waals surface area contributed by atoms with Crippen molar-refractivity contribution in [2.24, 2.45) is 0 Å². The first-order chi connectivity index (χ1) is 16.5. The molecule has 1 aliphatic carbocycles. The highest BCUT2D eigenvalue weighted by Gasteiger charge is 2.34. The van der Waals surface area contributed by atoms with Crippen LogP contribution in [0.2, 0.25) is 0 Å². The van der Waals surface area contributed by atoms with E-state index < -0.39 is 30.5 Å². The minimum absolute atomic E-state index is 0.0220. The molecule has 0 unspecified atom stereocenters. The predicted molar refractivity (Wildman–Crippen MR) is 118 cm³/mol. The normalized spacial score (nSPS) is 18.9. The van der Waals surface area contributed by atoms with Gasteiger partial charge in [0.1, 0.15) is 18.0 Å². The highest BCUT2D eigenvalue weighted by atomic mass is 19.4. The Balaban J connectivity index is 1.35.